The Morgan fingerprint density at radius 1 is 1.07 bits per heavy atom. The number of hydrogen-bond donors (Lipinski definition) is 2. The summed E-state index contributed by atoms with van der Waals surface area (Å²) in [6, 6.07) is 17.6. The second-order valence-electron chi connectivity index (χ2n) is 7.38. The SMILES string of the molecule is CN=C(NCc1cccc(S(=O)(=O)NC)c1)N1CCC(Cc2ccccc2)CC1.I. The second-order valence-corrected chi connectivity index (χ2v) is 9.26. The molecular weight excluding hydrogens is 511 g/mol. The van der Waals surface area contributed by atoms with Gasteiger partial charge >= 0.3 is 0 Å². The van der Waals surface area contributed by atoms with E-state index >= 15 is 0 Å². The number of sulfonamides is 1. The van der Waals surface area contributed by atoms with Gasteiger partial charge in [-0.1, -0.05) is 42.5 Å². The Labute approximate surface area is 197 Å². The van der Waals surface area contributed by atoms with E-state index < -0.39 is 10.0 Å². The largest absolute Gasteiger partial charge is 0.352 e. The van der Waals surface area contributed by atoms with Crippen molar-refractivity contribution in [3.63, 3.8) is 0 Å². The van der Waals surface area contributed by atoms with Gasteiger partial charge in [-0.3, -0.25) is 4.99 Å². The number of halogens is 1. The van der Waals surface area contributed by atoms with Crippen molar-refractivity contribution in [2.45, 2.75) is 30.7 Å². The van der Waals surface area contributed by atoms with Crippen molar-refractivity contribution in [3.05, 3.63) is 65.7 Å². The summed E-state index contributed by atoms with van der Waals surface area (Å²) in [4.78, 5) is 6.99. The number of aliphatic imine (C=N–C) groups is 1. The Hall–Kier alpha value is -1.65. The molecule has 6 nitrogen and oxygen atoms in total. The maximum atomic E-state index is 12.0. The van der Waals surface area contributed by atoms with Crippen molar-refractivity contribution in [3.8, 4) is 0 Å². The van der Waals surface area contributed by atoms with Gasteiger partial charge in [0.15, 0.2) is 5.96 Å². The van der Waals surface area contributed by atoms with Gasteiger partial charge in [-0.05, 0) is 55.5 Å². The van der Waals surface area contributed by atoms with Crippen LogP contribution in [0.2, 0.25) is 0 Å². The summed E-state index contributed by atoms with van der Waals surface area (Å²) in [6.45, 7) is 2.49. The monoisotopic (exact) mass is 542 g/mol. The molecule has 0 atom stereocenters. The molecule has 0 aliphatic carbocycles. The molecule has 1 aliphatic rings. The zero-order chi connectivity index (χ0) is 20.7. The lowest BCUT2D eigenvalue weighted by Gasteiger charge is -2.34. The molecule has 3 rings (SSSR count). The van der Waals surface area contributed by atoms with Crippen LogP contribution in [0, 0.1) is 5.92 Å². The summed E-state index contributed by atoms with van der Waals surface area (Å²) in [7, 11) is -0.224. The molecule has 1 saturated heterocycles. The van der Waals surface area contributed by atoms with E-state index in [0.717, 1.165) is 43.9 Å². The maximum absolute atomic E-state index is 12.0. The zero-order valence-electron chi connectivity index (χ0n) is 17.5. The van der Waals surface area contributed by atoms with Gasteiger partial charge in [-0.25, -0.2) is 13.1 Å². The number of rotatable bonds is 6. The average molecular weight is 542 g/mol. The number of likely N-dealkylation sites (tertiary alicyclic amines) is 1. The van der Waals surface area contributed by atoms with Gasteiger partial charge in [-0.2, -0.15) is 0 Å². The fourth-order valence-electron chi connectivity index (χ4n) is 3.75. The third kappa shape index (κ3) is 6.68. The van der Waals surface area contributed by atoms with Crippen molar-refractivity contribution in [2.75, 3.05) is 27.2 Å². The quantitative estimate of drug-likeness (QED) is 0.334. The van der Waals surface area contributed by atoms with Crippen LogP contribution in [0.1, 0.15) is 24.0 Å². The third-order valence-electron chi connectivity index (χ3n) is 5.42. The standard InChI is InChI=1S/C22H30N4O2S.HI/c1-23-22(25-17-20-9-6-10-21(16-20)29(27,28)24-2)26-13-11-19(12-14-26)15-18-7-4-3-5-8-18;/h3-10,16,19,24H,11-15,17H2,1-2H3,(H,23,25);1H. The molecule has 8 heteroatoms. The lowest BCUT2D eigenvalue weighted by atomic mass is 9.90. The second kappa shape index (κ2) is 11.7. The van der Waals surface area contributed by atoms with E-state index in [1.54, 1.807) is 25.2 Å². The Balaban J connectivity index is 0.00000320. The highest BCUT2D eigenvalue weighted by Gasteiger charge is 2.21. The topological polar surface area (TPSA) is 73.8 Å². The van der Waals surface area contributed by atoms with Gasteiger partial charge in [0, 0.05) is 26.7 Å². The molecule has 1 fully saturated rings. The first kappa shape index (κ1) is 24.6. The van der Waals surface area contributed by atoms with Crippen molar-refractivity contribution in [2.24, 2.45) is 10.9 Å². The zero-order valence-corrected chi connectivity index (χ0v) is 20.7. The van der Waals surface area contributed by atoms with Crippen LogP contribution in [-0.4, -0.2) is 46.5 Å². The normalized spacial score (nSPS) is 15.5. The van der Waals surface area contributed by atoms with Gasteiger partial charge in [0.25, 0.3) is 0 Å². The van der Waals surface area contributed by atoms with E-state index in [-0.39, 0.29) is 28.9 Å². The van der Waals surface area contributed by atoms with Gasteiger partial charge in [0.1, 0.15) is 0 Å². The Morgan fingerprint density at radius 2 is 1.73 bits per heavy atom. The Bertz CT molecular complexity index is 927. The van der Waals surface area contributed by atoms with Crippen LogP contribution in [0.3, 0.4) is 0 Å². The number of nitrogens with zero attached hydrogens (tertiary/aromatic N) is 2. The summed E-state index contributed by atoms with van der Waals surface area (Å²) in [5.74, 6) is 1.57. The molecule has 30 heavy (non-hydrogen) atoms. The molecule has 1 aliphatic heterocycles. The highest BCUT2D eigenvalue weighted by Crippen LogP contribution is 2.21. The number of hydrogen-bond acceptors (Lipinski definition) is 3. The highest BCUT2D eigenvalue weighted by atomic mass is 127. The van der Waals surface area contributed by atoms with Crippen molar-refractivity contribution >= 4 is 40.0 Å². The summed E-state index contributed by atoms with van der Waals surface area (Å²) in [6.07, 6.45) is 3.42. The molecule has 0 amide bonds. The molecule has 0 saturated carbocycles. The van der Waals surface area contributed by atoms with E-state index in [2.05, 4.69) is 50.3 Å². The summed E-state index contributed by atoms with van der Waals surface area (Å²) in [5.41, 5.74) is 2.31. The summed E-state index contributed by atoms with van der Waals surface area (Å²) < 4.78 is 26.3. The van der Waals surface area contributed by atoms with Crippen LogP contribution in [-0.2, 0) is 23.0 Å². The Kier molecular flexibility index (Phi) is 9.57. The minimum atomic E-state index is -3.44. The van der Waals surface area contributed by atoms with Crippen LogP contribution < -0.4 is 10.0 Å². The number of benzene rings is 2. The first-order valence-electron chi connectivity index (χ1n) is 10.0. The lowest BCUT2D eigenvalue weighted by molar-refractivity contribution is 0.259. The molecule has 1 heterocycles. The van der Waals surface area contributed by atoms with Gasteiger partial charge in [0.2, 0.25) is 10.0 Å². The van der Waals surface area contributed by atoms with E-state index in [1.165, 1.54) is 12.6 Å². The predicted octanol–water partition coefficient (Wildman–Crippen LogP) is 3.24. The molecule has 0 bridgehead atoms. The third-order valence-corrected chi connectivity index (χ3v) is 6.83. The minimum absolute atomic E-state index is 0. The first-order chi connectivity index (χ1) is 14.0. The van der Waals surface area contributed by atoms with Crippen LogP contribution >= 0.6 is 24.0 Å². The van der Waals surface area contributed by atoms with Crippen LogP contribution in [0.25, 0.3) is 0 Å². The van der Waals surface area contributed by atoms with E-state index in [1.807, 2.05) is 6.07 Å². The lowest BCUT2D eigenvalue weighted by Crippen LogP contribution is -2.45. The minimum Gasteiger partial charge on any atom is -0.352 e. The van der Waals surface area contributed by atoms with Crippen molar-refractivity contribution in [1.82, 2.24) is 14.9 Å². The van der Waals surface area contributed by atoms with Crippen LogP contribution in [0.4, 0.5) is 0 Å². The van der Waals surface area contributed by atoms with Gasteiger partial charge in [-0.15, -0.1) is 24.0 Å². The molecule has 2 aromatic rings. The first-order valence-corrected chi connectivity index (χ1v) is 11.5. The van der Waals surface area contributed by atoms with E-state index in [0.29, 0.717) is 12.5 Å². The van der Waals surface area contributed by atoms with Crippen LogP contribution in [0.15, 0.2) is 64.5 Å². The smallest absolute Gasteiger partial charge is 0.240 e. The van der Waals surface area contributed by atoms with Gasteiger partial charge < -0.3 is 10.2 Å². The molecule has 2 aromatic carbocycles. The fraction of sp³-hybridized carbons (Fsp3) is 0.409. The fourth-order valence-corrected chi connectivity index (χ4v) is 4.55. The molecular formula is C22H31IN4O2S. The van der Waals surface area contributed by atoms with Crippen LogP contribution in [0.5, 0.6) is 0 Å². The predicted molar refractivity (Wildman–Crippen MR) is 133 cm³/mol. The van der Waals surface area contributed by atoms with E-state index in [9.17, 15) is 8.42 Å². The number of piperidine rings is 1. The number of nitrogens with one attached hydrogen (secondary N) is 2. The summed E-state index contributed by atoms with van der Waals surface area (Å²) >= 11 is 0. The molecule has 2 N–H and O–H groups in total. The molecule has 0 spiro atoms. The number of guanidine groups is 1. The van der Waals surface area contributed by atoms with Crippen molar-refractivity contribution in [1.29, 1.82) is 0 Å². The molecule has 0 radical (unpaired) electrons. The molecule has 0 aromatic heterocycles. The van der Waals surface area contributed by atoms with Gasteiger partial charge in [0.05, 0.1) is 4.90 Å². The average Bonchev–Trinajstić information content (AvgIpc) is 2.76. The van der Waals surface area contributed by atoms with E-state index in [4.69, 9.17) is 0 Å². The molecule has 0 unspecified atom stereocenters. The highest BCUT2D eigenvalue weighted by molar-refractivity contribution is 14.0. The maximum Gasteiger partial charge on any atom is 0.240 e. The van der Waals surface area contributed by atoms with Crippen molar-refractivity contribution < 1.29 is 8.42 Å². The summed E-state index contributed by atoms with van der Waals surface area (Å²) in [5, 5.41) is 3.38. The molecule has 164 valence electrons. The Morgan fingerprint density at radius 3 is 2.37 bits per heavy atom.